The Kier molecular flexibility index (Phi) is 6.59. The van der Waals surface area contributed by atoms with E-state index < -0.39 is 0 Å². The first-order valence-electron chi connectivity index (χ1n) is 8.99. The minimum atomic E-state index is -0.222. The first-order valence-corrected chi connectivity index (χ1v) is 9.87. The molecule has 3 rings (SSSR count). The molecule has 0 spiro atoms. The van der Waals surface area contributed by atoms with Gasteiger partial charge in [0.1, 0.15) is 16.2 Å². The summed E-state index contributed by atoms with van der Waals surface area (Å²) in [5, 5.41) is 11.9. The molecule has 2 aromatic rings. The van der Waals surface area contributed by atoms with E-state index in [1.54, 1.807) is 29.8 Å². The molecule has 0 atom stereocenters. The Morgan fingerprint density at radius 1 is 1.41 bits per heavy atom. The zero-order valence-corrected chi connectivity index (χ0v) is 16.2. The molecule has 140 valence electrons. The topological polar surface area (TPSA) is 79.6 Å². The highest BCUT2D eigenvalue weighted by atomic mass is 32.1. The van der Waals surface area contributed by atoms with Gasteiger partial charge in [-0.3, -0.25) is 14.8 Å². The van der Waals surface area contributed by atoms with Crippen molar-refractivity contribution in [2.45, 2.75) is 32.6 Å². The number of aliphatic imine (C=N–C) groups is 2. The lowest BCUT2D eigenvalue weighted by Crippen LogP contribution is -2.22. The van der Waals surface area contributed by atoms with Crippen LogP contribution in [0.5, 0.6) is 0 Å². The third-order valence-electron chi connectivity index (χ3n) is 4.26. The van der Waals surface area contributed by atoms with Gasteiger partial charge in [0.25, 0.3) is 5.91 Å². The Balaban J connectivity index is 1.66. The fourth-order valence-electron chi connectivity index (χ4n) is 2.51. The van der Waals surface area contributed by atoms with E-state index >= 15 is 0 Å². The number of nitrogens with zero attached hydrogens (tertiary/aromatic N) is 4. The van der Waals surface area contributed by atoms with Gasteiger partial charge in [0.2, 0.25) is 0 Å². The molecule has 1 aromatic carbocycles. The summed E-state index contributed by atoms with van der Waals surface area (Å²) in [6.07, 6.45) is 5.75. The lowest BCUT2D eigenvalue weighted by molar-refractivity contribution is -0.110. The van der Waals surface area contributed by atoms with Gasteiger partial charge < -0.3 is 5.32 Å². The van der Waals surface area contributed by atoms with Crippen LogP contribution in [0.15, 0.2) is 51.5 Å². The Hall–Kier alpha value is -2.67. The number of amides is 1. The van der Waals surface area contributed by atoms with Crippen molar-refractivity contribution in [3.8, 4) is 0 Å². The smallest absolute Gasteiger partial charge is 0.273 e. The normalized spacial score (nSPS) is 14.9. The summed E-state index contributed by atoms with van der Waals surface area (Å²) in [4.78, 5) is 21.0. The molecule has 1 aliphatic rings. The molecule has 1 amide bonds. The monoisotopic (exact) mass is 381 g/mol. The van der Waals surface area contributed by atoms with Crippen molar-refractivity contribution in [3.63, 3.8) is 0 Å². The number of nitrogens with one attached hydrogen (secondary N) is 1. The maximum Gasteiger partial charge on any atom is 0.273 e. The van der Waals surface area contributed by atoms with Gasteiger partial charge in [0, 0.05) is 24.4 Å². The van der Waals surface area contributed by atoms with E-state index in [0.717, 1.165) is 29.1 Å². The Labute approximate surface area is 163 Å². The highest BCUT2D eigenvalue weighted by Crippen LogP contribution is 2.29. The molecule has 0 unspecified atom stereocenters. The van der Waals surface area contributed by atoms with Crippen LogP contribution in [-0.4, -0.2) is 35.1 Å². The predicted molar refractivity (Wildman–Crippen MR) is 111 cm³/mol. The number of rotatable bonds is 9. The molecule has 1 aromatic heterocycles. The SMILES string of the molecule is C=N/C(C)=C\C(=N/CC1CC1)C(=O)Nc1cccc(CCc2nncs2)c1. The number of aryl methyl sites for hydroxylation is 2. The summed E-state index contributed by atoms with van der Waals surface area (Å²) in [7, 11) is 0. The summed E-state index contributed by atoms with van der Waals surface area (Å²) in [5.41, 5.74) is 4.70. The third-order valence-corrected chi connectivity index (χ3v) is 5.02. The second kappa shape index (κ2) is 9.32. The molecule has 1 heterocycles. The van der Waals surface area contributed by atoms with Crippen LogP contribution in [0.4, 0.5) is 5.69 Å². The summed E-state index contributed by atoms with van der Waals surface area (Å²) in [6, 6.07) is 7.86. The molecule has 6 nitrogen and oxygen atoms in total. The van der Waals surface area contributed by atoms with Gasteiger partial charge in [-0.2, -0.15) is 0 Å². The number of hydrogen-bond acceptors (Lipinski definition) is 6. The second-order valence-electron chi connectivity index (χ2n) is 6.60. The lowest BCUT2D eigenvalue weighted by atomic mass is 10.1. The Bertz CT molecular complexity index is 853. The number of benzene rings is 1. The van der Waals surface area contributed by atoms with E-state index in [4.69, 9.17) is 0 Å². The third kappa shape index (κ3) is 6.21. The predicted octanol–water partition coefficient (Wildman–Crippen LogP) is 3.72. The number of carbonyl (C=O) groups excluding carboxylic acids is 1. The summed E-state index contributed by atoms with van der Waals surface area (Å²) < 4.78 is 0. The number of aromatic nitrogens is 2. The Morgan fingerprint density at radius 3 is 2.96 bits per heavy atom. The molecule has 27 heavy (non-hydrogen) atoms. The Morgan fingerprint density at radius 2 is 2.26 bits per heavy atom. The molecule has 1 fully saturated rings. The van der Waals surface area contributed by atoms with Crippen molar-refractivity contribution >= 4 is 35.4 Å². The minimum Gasteiger partial charge on any atom is -0.321 e. The molecule has 0 radical (unpaired) electrons. The van der Waals surface area contributed by atoms with E-state index in [9.17, 15) is 4.79 Å². The van der Waals surface area contributed by atoms with Gasteiger partial charge >= 0.3 is 0 Å². The first-order chi connectivity index (χ1) is 13.1. The maximum atomic E-state index is 12.7. The van der Waals surface area contributed by atoms with Crippen LogP contribution >= 0.6 is 11.3 Å². The highest BCUT2D eigenvalue weighted by Gasteiger charge is 2.21. The molecule has 0 aliphatic heterocycles. The maximum absolute atomic E-state index is 12.7. The number of anilines is 1. The largest absolute Gasteiger partial charge is 0.321 e. The highest BCUT2D eigenvalue weighted by molar-refractivity contribution is 7.09. The second-order valence-corrected chi connectivity index (χ2v) is 7.52. The quantitative estimate of drug-likeness (QED) is 0.672. The molecule has 1 N–H and O–H groups in total. The zero-order valence-electron chi connectivity index (χ0n) is 15.4. The molecular weight excluding hydrogens is 358 g/mol. The van der Waals surface area contributed by atoms with Gasteiger partial charge in [-0.05, 0) is 62.6 Å². The van der Waals surface area contributed by atoms with Crippen LogP contribution in [-0.2, 0) is 17.6 Å². The average molecular weight is 382 g/mol. The van der Waals surface area contributed by atoms with Crippen LogP contribution in [0.1, 0.15) is 30.3 Å². The van der Waals surface area contributed by atoms with Crippen LogP contribution in [0.2, 0.25) is 0 Å². The summed E-state index contributed by atoms with van der Waals surface area (Å²) >= 11 is 1.55. The van der Waals surface area contributed by atoms with Crippen LogP contribution < -0.4 is 5.32 Å². The zero-order chi connectivity index (χ0) is 19.1. The van der Waals surface area contributed by atoms with Crippen molar-refractivity contribution in [1.29, 1.82) is 0 Å². The average Bonchev–Trinajstić information content (AvgIpc) is 3.36. The van der Waals surface area contributed by atoms with Gasteiger partial charge in [0.15, 0.2) is 0 Å². The molecule has 0 saturated heterocycles. The molecular formula is C20H23N5OS. The van der Waals surface area contributed by atoms with Gasteiger partial charge in [-0.1, -0.05) is 12.1 Å². The fraction of sp³-hybridized carbons (Fsp3) is 0.350. The first kappa shape index (κ1) is 19.1. The van der Waals surface area contributed by atoms with E-state index in [-0.39, 0.29) is 5.91 Å². The van der Waals surface area contributed by atoms with Crippen molar-refractivity contribution in [2.75, 3.05) is 11.9 Å². The van der Waals surface area contributed by atoms with E-state index in [1.165, 1.54) is 12.8 Å². The van der Waals surface area contributed by atoms with E-state index in [2.05, 4.69) is 32.2 Å². The fourth-order valence-corrected chi connectivity index (χ4v) is 3.04. The van der Waals surface area contributed by atoms with Gasteiger partial charge in [-0.15, -0.1) is 21.5 Å². The van der Waals surface area contributed by atoms with Crippen molar-refractivity contribution in [2.24, 2.45) is 15.9 Å². The van der Waals surface area contributed by atoms with E-state index in [0.29, 0.717) is 23.9 Å². The number of carbonyl (C=O) groups is 1. The lowest BCUT2D eigenvalue weighted by Gasteiger charge is -2.08. The standard InChI is InChI=1S/C20H23N5OS/c1-14(21-2)10-18(22-12-16-6-7-16)20(26)24-17-5-3-4-15(11-17)8-9-19-25-23-13-27-19/h3-5,10-11,13,16H,2,6-9,12H2,1H3,(H,24,26)/b14-10-,22-18+. The van der Waals surface area contributed by atoms with Crippen LogP contribution in [0, 0.1) is 5.92 Å². The summed E-state index contributed by atoms with van der Waals surface area (Å²) in [5.74, 6) is 0.391. The van der Waals surface area contributed by atoms with Crippen molar-refractivity contribution < 1.29 is 4.79 Å². The van der Waals surface area contributed by atoms with Gasteiger partial charge in [0.05, 0.1) is 0 Å². The molecule has 7 heteroatoms. The number of allylic oxidation sites excluding steroid dienone is 1. The van der Waals surface area contributed by atoms with Gasteiger partial charge in [-0.25, -0.2) is 0 Å². The minimum absolute atomic E-state index is 0.222. The van der Waals surface area contributed by atoms with Crippen LogP contribution in [0.25, 0.3) is 0 Å². The van der Waals surface area contributed by atoms with Crippen molar-refractivity contribution in [3.05, 3.63) is 52.1 Å². The molecule has 1 aliphatic carbocycles. The summed E-state index contributed by atoms with van der Waals surface area (Å²) in [6.45, 7) is 6.00. The molecule has 0 bridgehead atoms. The van der Waals surface area contributed by atoms with Crippen LogP contribution in [0.3, 0.4) is 0 Å². The van der Waals surface area contributed by atoms with Crippen molar-refractivity contribution in [1.82, 2.24) is 10.2 Å². The number of hydrogen-bond donors (Lipinski definition) is 1. The molecule has 1 saturated carbocycles. The van der Waals surface area contributed by atoms with E-state index in [1.807, 2.05) is 24.3 Å².